The zero-order valence-corrected chi connectivity index (χ0v) is 10.5. The number of nitrogens with one attached hydrogen (secondary N) is 2. The molecule has 1 aromatic rings. The highest BCUT2D eigenvalue weighted by Gasteiger charge is 2.03. The van der Waals surface area contributed by atoms with Crippen molar-refractivity contribution in [2.45, 2.75) is 27.3 Å². The first kappa shape index (κ1) is 12.0. The largest absolute Gasteiger partial charge is 0.357 e. The van der Waals surface area contributed by atoms with Crippen LogP contribution in [0.15, 0.2) is 4.99 Å². The highest BCUT2D eigenvalue weighted by atomic mass is 32.1. The smallest absolute Gasteiger partial charge is 0.191 e. The van der Waals surface area contributed by atoms with E-state index >= 15 is 0 Å². The van der Waals surface area contributed by atoms with Crippen LogP contribution in [0.2, 0.25) is 0 Å². The Labute approximate surface area is 94.8 Å². The van der Waals surface area contributed by atoms with E-state index in [1.807, 2.05) is 13.8 Å². The van der Waals surface area contributed by atoms with E-state index in [1.54, 1.807) is 18.4 Å². The molecule has 1 rings (SSSR count). The lowest BCUT2D eigenvalue weighted by atomic mass is 10.4. The molecule has 0 aliphatic carbocycles. The highest BCUT2D eigenvalue weighted by Crippen LogP contribution is 2.15. The molecule has 0 unspecified atom stereocenters. The minimum absolute atomic E-state index is 0.735. The molecule has 1 aromatic heterocycles. The Morgan fingerprint density at radius 3 is 2.60 bits per heavy atom. The summed E-state index contributed by atoms with van der Waals surface area (Å²) in [5, 5.41) is 7.45. The van der Waals surface area contributed by atoms with Gasteiger partial charge < -0.3 is 10.6 Å². The first-order valence-corrected chi connectivity index (χ1v) is 5.86. The molecule has 0 radical (unpaired) electrons. The van der Waals surface area contributed by atoms with Crippen LogP contribution in [0.5, 0.6) is 0 Å². The average Bonchev–Trinajstić information content (AvgIpc) is 2.53. The summed E-state index contributed by atoms with van der Waals surface area (Å²) < 4.78 is 0. The van der Waals surface area contributed by atoms with E-state index in [0.717, 1.165) is 29.8 Å². The molecular weight excluding hydrogens is 208 g/mol. The lowest BCUT2D eigenvalue weighted by Gasteiger charge is -2.08. The molecule has 0 aromatic carbocycles. The second kappa shape index (κ2) is 5.70. The van der Waals surface area contributed by atoms with E-state index in [0.29, 0.717) is 0 Å². The van der Waals surface area contributed by atoms with Crippen LogP contribution < -0.4 is 10.6 Å². The second-order valence-corrected chi connectivity index (χ2v) is 4.49. The summed E-state index contributed by atoms with van der Waals surface area (Å²) in [6.07, 6.45) is 0. The van der Waals surface area contributed by atoms with Crippen LogP contribution in [0.1, 0.15) is 22.5 Å². The number of guanidine groups is 1. The van der Waals surface area contributed by atoms with E-state index < -0.39 is 0 Å². The molecular formula is C10H18N4S. The van der Waals surface area contributed by atoms with E-state index in [-0.39, 0.29) is 0 Å². The van der Waals surface area contributed by atoms with E-state index in [9.17, 15) is 0 Å². The van der Waals surface area contributed by atoms with Gasteiger partial charge in [0.1, 0.15) is 5.01 Å². The van der Waals surface area contributed by atoms with Gasteiger partial charge in [-0.25, -0.2) is 4.98 Å². The Morgan fingerprint density at radius 1 is 1.40 bits per heavy atom. The molecule has 0 fully saturated rings. The van der Waals surface area contributed by atoms with Gasteiger partial charge in [-0.1, -0.05) is 0 Å². The van der Waals surface area contributed by atoms with Crippen molar-refractivity contribution in [2.75, 3.05) is 13.6 Å². The van der Waals surface area contributed by atoms with Crippen molar-refractivity contribution in [3.05, 3.63) is 15.6 Å². The third-order valence-electron chi connectivity index (χ3n) is 2.05. The summed E-state index contributed by atoms with van der Waals surface area (Å²) >= 11 is 1.73. The fourth-order valence-corrected chi connectivity index (χ4v) is 2.04. The Morgan fingerprint density at radius 2 is 2.13 bits per heavy atom. The lowest BCUT2D eigenvalue weighted by molar-refractivity contribution is 0.822. The molecule has 0 aliphatic heterocycles. The van der Waals surface area contributed by atoms with E-state index in [2.05, 4.69) is 27.5 Å². The van der Waals surface area contributed by atoms with Crippen LogP contribution in [0.3, 0.4) is 0 Å². The third kappa shape index (κ3) is 3.51. The number of aliphatic imine (C=N–C) groups is 1. The summed E-state index contributed by atoms with van der Waals surface area (Å²) in [4.78, 5) is 9.83. The van der Waals surface area contributed by atoms with Crippen LogP contribution in [0.25, 0.3) is 0 Å². The van der Waals surface area contributed by atoms with Gasteiger partial charge >= 0.3 is 0 Å². The molecule has 5 heteroatoms. The fraction of sp³-hybridized carbons (Fsp3) is 0.600. The predicted octanol–water partition coefficient (Wildman–Crippen LogP) is 1.44. The van der Waals surface area contributed by atoms with Gasteiger partial charge in [-0.3, -0.25) is 4.99 Å². The van der Waals surface area contributed by atoms with Crippen LogP contribution in [0, 0.1) is 13.8 Å². The molecule has 2 N–H and O–H groups in total. The van der Waals surface area contributed by atoms with Crippen LogP contribution >= 0.6 is 11.3 Å². The zero-order valence-electron chi connectivity index (χ0n) is 9.72. The summed E-state index contributed by atoms with van der Waals surface area (Å²) in [6.45, 7) is 7.78. The van der Waals surface area contributed by atoms with Gasteiger partial charge in [-0.15, -0.1) is 11.3 Å². The number of rotatable bonds is 3. The molecule has 84 valence electrons. The molecule has 0 amide bonds. The first-order valence-electron chi connectivity index (χ1n) is 5.04. The highest BCUT2D eigenvalue weighted by molar-refractivity contribution is 7.11. The molecule has 1 heterocycles. The van der Waals surface area contributed by atoms with Crippen molar-refractivity contribution in [3.63, 3.8) is 0 Å². The third-order valence-corrected chi connectivity index (χ3v) is 3.12. The number of hydrogen-bond donors (Lipinski definition) is 2. The summed E-state index contributed by atoms with van der Waals surface area (Å²) in [7, 11) is 1.77. The number of aromatic nitrogens is 1. The van der Waals surface area contributed by atoms with E-state index in [1.165, 1.54) is 4.88 Å². The van der Waals surface area contributed by atoms with Gasteiger partial charge in [0.15, 0.2) is 5.96 Å². The van der Waals surface area contributed by atoms with Gasteiger partial charge in [-0.05, 0) is 20.8 Å². The Balaban J connectivity index is 2.49. The topological polar surface area (TPSA) is 49.3 Å². The quantitative estimate of drug-likeness (QED) is 0.606. The maximum atomic E-state index is 4.45. The normalized spacial score (nSPS) is 11.6. The summed E-state index contributed by atoms with van der Waals surface area (Å²) in [5.74, 6) is 0.822. The maximum Gasteiger partial charge on any atom is 0.191 e. The molecule has 15 heavy (non-hydrogen) atoms. The first-order chi connectivity index (χ1) is 7.17. The Kier molecular flexibility index (Phi) is 4.55. The Bertz CT molecular complexity index is 324. The maximum absolute atomic E-state index is 4.45. The number of hydrogen-bond acceptors (Lipinski definition) is 3. The Hall–Kier alpha value is -1.10. The second-order valence-electron chi connectivity index (χ2n) is 3.21. The zero-order chi connectivity index (χ0) is 11.3. The van der Waals surface area contributed by atoms with Crippen LogP contribution in [-0.4, -0.2) is 24.5 Å². The lowest BCUT2D eigenvalue weighted by Crippen LogP contribution is -2.36. The van der Waals surface area contributed by atoms with Crippen molar-refractivity contribution in [1.82, 2.24) is 15.6 Å². The fourth-order valence-electron chi connectivity index (χ4n) is 1.16. The monoisotopic (exact) mass is 226 g/mol. The predicted molar refractivity (Wildman–Crippen MR) is 65.5 cm³/mol. The molecule has 0 spiro atoms. The molecule has 0 bridgehead atoms. The van der Waals surface area contributed by atoms with Gasteiger partial charge in [0, 0.05) is 18.5 Å². The van der Waals surface area contributed by atoms with Crippen LogP contribution in [0.4, 0.5) is 0 Å². The van der Waals surface area contributed by atoms with Crippen molar-refractivity contribution in [3.8, 4) is 0 Å². The SMILES string of the molecule is CCNC(=NC)NCc1nc(C)c(C)s1. The van der Waals surface area contributed by atoms with Crippen molar-refractivity contribution >= 4 is 17.3 Å². The molecule has 0 saturated heterocycles. The van der Waals surface area contributed by atoms with Crippen molar-refractivity contribution in [1.29, 1.82) is 0 Å². The standard InChI is InChI=1S/C10H18N4S/c1-5-12-10(11-4)13-6-9-14-7(2)8(3)15-9/h5-6H2,1-4H3,(H2,11,12,13). The summed E-state index contributed by atoms with van der Waals surface area (Å²) in [5.41, 5.74) is 1.12. The molecule has 4 nitrogen and oxygen atoms in total. The van der Waals surface area contributed by atoms with Gasteiger partial charge in [-0.2, -0.15) is 0 Å². The number of aryl methyl sites for hydroxylation is 2. The van der Waals surface area contributed by atoms with Gasteiger partial charge in [0.25, 0.3) is 0 Å². The summed E-state index contributed by atoms with van der Waals surface area (Å²) in [6, 6.07) is 0. The minimum Gasteiger partial charge on any atom is -0.357 e. The van der Waals surface area contributed by atoms with Crippen LogP contribution in [-0.2, 0) is 6.54 Å². The average molecular weight is 226 g/mol. The van der Waals surface area contributed by atoms with Gasteiger partial charge in [0.2, 0.25) is 0 Å². The van der Waals surface area contributed by atoms with E-state index in [4.69, 9.17) is 0 Å². The number of nitrogens with zero attached hydrogens (tertiary/aromatic N) is 2. The molecule has 0 aliphatic rings. The molecule has 0 saturated carbocycles. The minimum atomic E-state index is 0.735. The van der Waals surface area contributed by atoms with Crippen molar-refractivity contribution < 1.29 is 0 Å². The molecule has 0 atom stereocenters. The van der Waals surface area contributed by atoms with Gasteiger partial charge in [0.05, 0.1) is 12.2 Å². The number of thiazole rings is 1. The van der Waals surface area contributed by atoms with Crippen molar-refractivity contribution in [2.24, 2.45) is 4.99 Å².